The molecular weight excluding hydrogens is 528 g/mol. The summed E-state index contributed by atoms with van der Waals surface area (Å²) in [7, 11) is 2.95. The Morgan fingerprint density at radius 3 is 2.32 bits per heavy atom. The maximum Gasteiger partial charge on any atom is 0.514 e. The minimum Gasteiger partial charge on any atom is -0.493 e. The maximum atomic E-state index is 13.2. The van der Waals surface area contributed by atoms with E-state index in [0.717, 1.165) is 22.3 Å². The average Bonchev–Trinajstić information content (AvgIpc) is 3.62. The van der Waals surface area contributed by atoms with Crippen molar-refractivity contribution in [3.05, 3.63) is 89.5 Å². The van der Waals surface area contributed by atoms with Crippen molar-refractivity contribution in [3.8, 4) is 28.7 Å². The summed E-state index contributed by atoms with van der Waals surface area (Å²) in [5, 5.41) is 0. The van der Waals surface area contributed by atoms with Gasteiger partial charge in [-0.2, -0.15) is 0 Å². The fourth-order valence-corrected chi connectivity index (χ4v) is 6.17. The molecule has 6 rings (SSSR count). The molecule has 0 N–H and O–H groups in total. The highest BCUT2D eigenvalue weighted by atomic mass is 16.7. The lowest BCUT2D eigenvalue weighted by Gasteiger charge is -2.39. The van der Waals surface area contributed by atoms with Crippen LogP contribution in [-0.2, 0) is 20.9 Å². The minimum absolute atomic E-state index is 0.0236. The van der Waals surface area contributed by atoms with Crippen molar-refractivity contribution in [1.29, 1.82) is 0 Å². The van der Waals surface area contributed by atoms with E-state index in [1.165, 1.54) is 14.2 Å². The molecule has 1 fully saturated rings. The van der Waals surface area contributed by atoms with Gasteiger partial charge >= 0.3 is 12.1 Å². The molecular formula is C32H30O9. The van der Waals surface area contributed by atoms with Crippen molar-refractivity contribution in [2.75, 3.05) is 27.6 Å². The smallest absolute Gasteiger partial charge is 0.493 e. The Hall–Kier alpha value is -4.66. The van der Waals surface area contributed by atoms with Gasteiger partial charge in [-0.05, 0) is 58.9 Å². The average molecular weight is 559 g/mol. The van der Waals surface area contributed by atoms with E-state index in [2.05, 4.69) is 6.58 Å². The lowest BCUT2D eigenvalue weighted by molar-refractivity contribution is -0.141. The van der Waals surface area contributed by atoms with Crippen molar-refractivity contribution >= 4 is 12.1 Å². The number of hydrogen-bond donors (Lipinski definition) is 0. The number of methoxy groups -OCH3 is 2. The van der Waals surface area contributed by atoms with Gasteiger partial charge in [0.05, 0.1) is 26.7 Å². The summed E-state index contributed by atoms with van der Waals surface area (Å²) in [5.74, 6) is 0.726. The van der Waals surface area contributed by atoms with Gasteiger partial charge in [-0.15, -0.1) is 6.58 Å². The molecule has 0 amide bonds. The number of hydrogen-bond acceptors (Lipinski definition) is 9. The molecule has 0 spiro atoms. The first-order valence-electron chi connectivity index (χ1n) is 13.4. The quantitative estimate of drug-likeness (QED) is 0.195. The first-order chi connectivity index (χ1) is 20.0. The molecule has 4 atom stereocenters. The lowest BCUT2D eigenvalue weighted by Crippen LogP contribution is -2.34. The summed E-state index contributed by atoms with van der Waals surface area (Å²) in [6.45, 7) is 4.45. The fourth-order valence-electron chi connectivity index (χ4n) is 6.17. The van der Waals surface area contributed by atoms with Gasteiger partial charge < -0.3 is 33.2 Å². The highest BCUT2D eigenvalue weighted by molar-refractivity contribution is 5.79. The van der Waals surface area contributed by atoms with E-state index in [-0.39, 0.29) is 48.5 Å². The summed E-state index contributed by atoms with van der Waals surface area (Å²) in [6.07, 6.45) is 1.65. The molecule has 0 radical (unpaired) electrons. The van der Waals surface area contributed by atoms with Crippen LogP contribution in [0.5, 0.6) is 28.7 Å². The summed E-state index contributed by atoms with van der Waals surface area (Å²) in [4.78, 5) is 25.9. The van der Waals surface area contributed by atoms with Crippen molar-refractivity contribution in [1.82, 2.24) is 0 Å². The highest BCUT2D eigenvalue weighted by Crippen LogP contribution is 2.57. The second-order valence-electron chi connectivity index (χ2n) is 10.1. The molecule has 0 bridgehead atoms. The zero-order valence-corrected chi connectivity index (χ0v) is 22.8. The van der Waals surface area contributed by atoms with Crippen molar-refractivity contribution in [3.63, 3.8) is 0 Å². The number of esters is 1. The van der Waals surface area contributed by atoms with Gasteiger partial charge in [0.15, 0.2) is 23.0 Å². The van der Waals surface area contributed by atoms with Gasteiger partial charge in [-0.1, -0.05) is 36.4 Å². The Balaban J connectivity index is 1.39. The molecule has 1 aliphatic carbocycles. The molecule has 3 aliphatic rings. The van der Waals surface area contributed by atoms with Crippen LogP contribution in [-0.4, -0.2) is 39.7 Å². The van der Waals surface area contributed by atoms with Crippen LogP contribution in [0.4, 0.5) is 4.79 Å². The van der Waals surface area contributed by atoms with Crippen LogP contribution in [0.25, 0.3) is 0 Å². The number of ether oxygens (including phenoxy) is 7. The zero-order chi connectivity index (χ0) is 28.5. The van der Waals surface area contributed by atoms with Gasteiger partial charge in [-0.25, -0.2) is 4.79 Å². The number of rotatable bonds is 8. The molecule has 3 aromatic carbocycles. The standard InChI is InChI=1S/C32H30O9/c1-4-8-20-21-13-24-25(40-17-39-24)14-22(21)28(29-23(20)16-37-31(29)33)19-11-26(35-2)30(27(12-19)36-3)41-32(34)38-15-18-9-6-5-7-10-18/h4-7,9-14,20,23,28-29H,1,8,15-17H2,2-3H3/t20-,23?,28-,29+/m1/s1. The van der Waals surface area contributed by atoms with Crippen molar-refractivity contribution in [2.45, 2.75) is 24.9 Å². The van der Waals surface area contributed by atoms with Crippen molar-refractivity contribution < 1.29 is 42.7 Å². The van der Waals surface area contributed by atoms with Gasteiger partial charge in [0.1, 0.15) is 6.61 Å². The Kier molecular flexibility index (Phi) is 7.17. The summed E-state index contributed by atoms with van der Waals surface area (Å²) < 4.78 is 39.2. The molecule has 0 saturated carbocycles. The number of carbonyl (C=O) groups is 2. The lowest BCUT2D eigenvalue weighted by atomic mass is 9.62. The number of fused-ring (bicyclic) bond motifs is 3. The third-order valence-electron chi connectivity index (χ3n) is 7.99. The first kappa shape index (κ1) is 26.6. The number of benzene rings is 3. The van der Waals surface area contributed by atoms with Gasteiger partial charge in [0.25, 0.3) is 0 Å². The summed E-state index contributed by atoms with van der Waals surface area (Å²) in [5.41, 5.74) is 3.56. The van der Waals surface area contributed by atoms with Crippen LogP contribution < -0.4 is 23.7 Å². The van der Waals surface area contributed by atoms with Crippen molar-refractivity contribution in [2.24, 2.45) is 11.8 Å². The second-order valence-corrected chi connectivity index (χ2v) is 10.1. The third-order valence-corrected chi connectivity index (χ3v) is 7.99. The molecule has 9 nitrogen and oxygen atoms in total. The maximum absolute atomic E-state index is 13.2. The molecule has 2 heterocycles. The van der Waals surface area contributed by atoms with E-state index in [0.29, 0.717) is 24.5 Å². The van der Waals surface area contributed by atoms with E-state index in [1.54, 1.807) is 12.1 Å². The van der Waals surface area contributed by atoms with E-state index in [9.17, 15) is 9.59 Å². The molecule has 1 unspecified atom stereocenters. The van der Waals surface area contributed by atoms with Crippen LogP contribution >= 0.6 is 0 Å². The highest BCUT2D eigenvalue weighted by Gasteiger charge is 2.52. The first-order valence-corrected chi connectivity index (χ1v) is 13.4. The summed E-state index contributed by atoms with van der Waals surface area (Å²) in [6, 6.07) is 16.8. The number of allylic oxidation sites excluding steroid dienone is 1. The van der Waals surface area contributed by atoms with E-state index in [1.807, 2.05) is 48.5 Å². The van der Waals surface area contributed by atoms with Crippen LogP contribution in [0.15, 0.2) is 67.3 Å². The topological polar surface area (TPSA) is 98.8 Å². The Morgan fingerprint density at radius 2 is 1.66 bits per heavy atom. The van der Waals surface area contributed by atoms with Crippen LogP contribution in [0.1, 0.15) is 40.5 Å². The second kappa shape index (κ2) is 11.1. The predicted molar refractivity (Wildman–Crippen MR) is 147 cm³/mol. The van der Waals surface area contributed by atoms with Gasteiger partial charge in [0.2, 0.25) is 12.5 Å². The molecule has 9 heteroatoms. The fraction of sp³-hybridized carbons (Fsp3) is 0.312. The van der Waals surface area contributed by atoms with Gasteiger partial charge in [0, 0.05) is 11.8 Å². The Bertz CT molecular complexity index is 1460. The van der Waals surface area contributed by atoms with E-state index < -0.39 is 18.0 Å². The molecule has 0 aromatic heterocycles. The molecule has 1 saturated heterocycles. The van der Waals surface area contributed by atoms with Crippen LogP contribution in [0.3, 0.4) is 0 Å². The monoisotopic (exact) mass is 558 g/mol. The minimum atomic E-state index is -0.902. The Morgan fingerprint density at radius 1 is 0.976 bits per heavy atom. The normalized spacial score (nSPS) is 21.8. The zero-order valence-electron chi connectivity index (χ0n) is 22.8. The van der Waals surface area contributed by atoms with Crippen LogP contribution in [0.2, 0.25) is 0 Å². The predicted octanol–water partition coefficient (Wildman–Crippen LogP) is 5.74. The molecule has 3 aromatic rings. The van der Waals surface area contributed by atoms with E-state index >= 15 is 0 Å². The SMILES string of the molecule is C=CC[C@@H]1c2cc3c(cc2[C@@H](c2cc(OC)c(OC(=O)OCc4ccccc4)c(OC)c2)[C@H]2C(=O)OCC12)OCO3. The molecule has 41 heavy (non-hydrogen) atoms. The third kappa shape index (κ3) is 4.81. The summed E-state index contributed by atoms with van der Waals surface area (Å²) >= 11 is 0. The largest absolute Gasteiger partial charge is 0.514 e. The number of carbonyl (C=O) groups excluding carboxylic acids is 2. The molecule has 212 valence electrons. The Labute approximate surface area is 237 Å². The molecule has 2 aliphatic heterocycles. The number of cyclic esters (lactones) is 1. The van der Waals surface area contributed by atoms with Gasteiger partial charge in [-0.3, -0.25) is 4.79 Å². The van der Waals surface area contributed by atoms with E-state index in [4.69, 9.17) is 33.2 Å². The van der Waals surface area contributed by atoms with Crippen LogP contribution in [0, 0.1) is 11.8 Å².